The van der Waals surface area contributed by atoms with Gasteiger partial charge in [-0.3, -0.25) is 0 Å². The Hall–Kier alpha value is -0.850. The van der Waals surface area contributed by atoms with Crippen LogP contribution in [0.2, 0.25) is 0 Å². The predicted molar refractivity (Wildman–Crippen MR) is 70.6 cm³/mol. The lowest BCUT2D eigenvalue weighted by Gasteiger charge is -2.30. The first-order valence-electron chi connectivity index (χ1n) is 6.88. The van der Waals surface area contributed by atoms with Gasteiger partial charge in [-0.25, -0.2) is 4.39 Å². The molecule has 0 bridgehead atoms. The van der Waals surface area contributed by atoms with Crippen molar-refractivity contribution in [3.8, 4) is 0 Å². The van der Waals surface area contributed by atoms with E-state index in [1.807, 2.05) is 6.07 Å². The monoisotopic (exact) mass is 234 g/mol. The molecule has 0 atom stereocenters. The molecule has 1 fully saturated rings. The Balaban J connectivity index is 2.21. The molecule has 0 aliphatic heterocycles. The zero-order valence-corrected chi connectivity index (χ0v) is 11.0. The van der Waals surface area contributed by atoms with E-state index in [1.165, 1.54) is 44.1 Å². The van der Waals surface area contributed by atoms with Crippen LogP contribution in [0.5, 0.6) is 0 Å². The van der Waals surface area contributed by atoms with E-state index >= 15 is 0 Å². The first kappa shape index (κ1) is 12.6. The lowest BCUT2D eigenvalue weighted by Crippen LogP contribution is -2.22. The van der Waals surface area contributed by atoms with Gasteiger partial charge in [0, 0.05) is 0 Å². The van der Waals surface area contributed by atoms with E-state index in [2.05, 4.69) is 19.9 Å². The Morgan fingerprint density at radius 1 is 1.24 bits per heavy atom. The van der Waals surface area contributed by atoms with Crippen LogP contribution in [-0.4, -0.2) is 0 Å². The zero-order valence-electron chi connectivity index (χ0n) is 11.0. The molecule has 0 aromatic heterocycles. The third kappa shape index (κ3) is 2.88. The van der Waals surface area contributed by atoms with Crippen molar-refractivity contribution in [1.29, 1.82) is 0 Å². The van der Waals surface area contributed by atoms with E-state index in [4.69, 9.17) is 0 Å². The van der Waals surface area contributed by atoms with Crippen LogP contribution in [0.15, 0.2) is 24.3 Å². The molecule has 1 heteroatoms. The van der Waals surface area contributed by atoms with Gasteiger partial charge in [-0.05, 0) is 48.3 Å². The third-order valence-electron chi connectivity index (χ3n) is 4.20. The Morgan fingerprint density at radius 2 is 1.94 bits per heavy atom. The molecule has 1 aliphatic carbocycles. The van der Waals surface area contributed by atoms with Gasteiger partial charge in [0.2, 0.25) is 0 Å². The first-order chi connectivity index (χ1) is 8.12. The molecule has 0 spiro atoms. The molecular formula is C16H23F. The Kier molecular flexibility index (Phi) is 3.86. The molecule has 0 N–H and O–H groups in total. The number of hydrogen-bond donors (Lipinski definition) is 0. The van der Waals surface area contributed by atoms with Gasteiger partial charge in [-0.15, -0.1) is 0 Å². The molecule has 0 unspecified atom stereocenters. The zero-order chi connectivity index (χ0) is 12.3. The second kappa shape index (κ2) is 5.20. The smallest absolute Gasteiger partial charge is 0.123 e. The second-order valence-electron chi connectivity index (χ2n) is 5.93. The van der Waals surface area contributed by atoms with E-state index in [9.17, 15) is 4.39 Å². The standard InChI is InChI=1S/C16H23F/c1-13(2)8-11-16(9-3-4-10-16)14-6-5-7-15(17)12-14/h5-7,12-13H,3-4,8-11H2,1-2H3. The van der Waals surface area contributed by atoms with Crippen molar-refractivity contribution < 1.29 is 4.39 Å². The van der Waals surface area contributed by atoms with Crippen LogP contribution < -0.4 is 0 Å². The summed E-state index contributed by atoms with van der Waals surface area (Å²) in [6.45, 7) is 4.54. The van der Waals surface area contributed by atoms with Crippen LogP contribution in [0, 0.1) is 11.7 Å². The van der Waals surface area contributed by atoms with Crippen LogP contribution in [0.25, 0.3) is 0 Å². The fourth-order valence-corrected chi connectivity index (χ4v) is 3.12. The highest BCUT2D eigenvalue weighted by molar-refractivity contribution is 5.27. The van der Waals surface area contributed by atoms with Crippen LogP contribution in [-0.2, 0) is 5.41 Å². The highest BCUT2D eigenvalue weighted by atomic mass is 19.1. The highest BCUT2D eigenvalue weighted by Gasteiger charge is 2.35. The van der Waals surface area contributed by atoms with Crippen molar-refractivity contribution in [2.75, 3.05) is 0 Å². The second-order valence-corrected chi connectivity index (χ2v) is 5.93. The summed E-state index contributed by atoms with van der Waals surface area (Å²) in [5.74, 6) is 0.652. The van der Waals surface area contributed by atoms with Crippen molar-refractivity contribution in [3.63, 3.8) is 0 Å². The van der Waals surface area contributed by atoms with E-state index in [-0.39, 0.29) is 11.2 Å². The molecule has 1 aromatic carbocycles. The van der Waals surface area contributed by atoms with Crippen LogP contribution in [0.1, 0.15) is 57.9 Å². The molecular weight excluding hydrogens is 211 g/mol. The molecule has 0 radical (unpaired) electrons. The molecule has 0 nitrogen and oxygen atoms in total. The van der Waals surface area contributed by atoms with Crippen LogP contribution in [0.3, 0.4) is 0 Å². The maximum Gasteiger partial charge on any atom is 0.123 e. The first-order valence-corrected chi connectivity index (χ1v) is 6.88. The largest absolute Gasteiger partial charge is 0.207 e. The van der Waals surface area contributed by atoms with E-state index < -0.39 is 0 Å². The minimum atomic E-state index is -0.0849. The maximum atomic E-state index is 13.4. The third-order valence-corrected chi connectivity index (χ3v) is 4.20. The van der Waals surface area contributed by atoms with Gasteiger partial charge in [0.15, 0.2) is 0 Å². The van der Waals surface area contributed by atoms with E-state index in [0.717, 1.165) is 5.92 Å². The topological polar surface area (TPSA) is 0 Å². The number of hydrogen-bond acceptors (Lipinski definition) is 0. The molecule has 0 amide bonds. The van der Waals surface area contributed by atoms with Gasteiger partial charge < -0.3 is 0 Å². The minimum absolute atomic E-state index is 0.0849. The van der Waals surface area contributed by atoms with Gasteiger partial charge in [0.25, 0.3) is 0 Å². The van der Waals surface area contributed by atoms with Crippen LogP contribution in [0.4, 0.5) is 4.39 Å². The molecule has 1 aliphatic rings. The predicted octanol–water partition coefficient (Wildman–Crippen LogP) is 5.07. The van der Waals surface area contributed by atoms with Gasteiger partial charge in [0.05, 0.1) is 0 Å². The van der Waals surface area contributed by atoms with Gasteiger partial charge in [-0.2, -0.15) is 0 Å². The lowest BCUT2D eigenvalue weighted by molar-refractivity contribution is 0.361. The van der Waals surface area contributed by atoms with Crippen molar-refractivity contribution in [1.82, 2.24) is 0 Å². The minimum Gasteiger partial charge on any atom is -0.207 e. The van der Waals surface area contributed by atoms with E-state index in [0.29, 0.717) is 0 Å². The van der Waals surface area contributed by atoms with Crippen molar-refractivity contribution in [2.24, 2.45) is 5.92 Å². The molecule has 1 saturated carbocycles. The summed E-state index contributed by atoms with van der Waals surface area (Å²) >= 11 is 0. The number of halogens is 1. The van der Waals surface area contributed by atoms with E-state index in [1.54, 1.807) is 12.1 Å². The van der Waals surface area contributed by atoms with Gasteiger partial charge in [-0.1, -0.05) is 45.2 Å². The summed E-state index contributed by atoms with van der Waals surface area (Å²) in [6, 6.07) is 7.29. The molecule has 17 heavy (non-hydrogen) atoms. The Labute approximate surface area is 104 Å². The van der Waals surface area contributed by atoms with Crippen LogP contribution >= 0.6 is 0 Å². The summed E-state index contributed by atoms with van der Waals surface area (Å²) in [5, 5.41) is 0. The fraction of sp³-hybridized carbons (Fsp3) is 0.625. The van der Waals surface area contributed by atoms with Crippen molar-refractivity contribution in [3.05, 3.63) is 35.6 Å². The highest BCUT2D eigenvalue weighted by Crippen LogP contribution is 2.45. The number of rotatable bonds is 4. The number of benzene rings is 1. The van der Waals surface area contributed by atoms with Gasteiger partial charge in [0.1, 0.15) is 5.82 Å². The summed E-state index contributed by atoms with van der Waals surface area (Å²) in [4.78, 5) is 0. The van der Waals surface area contributed by atoms with Gasteiger partial charge >= 0.3 is 0 Å². The van der Waals surface area contributed by atoms with Crippen molar-refractivity contribution in [2.45, 2.75) is 57.8 Å². The van der Waals surface area contributed by atoms with Crippen molar-refractivity contribution >= 4 is 0 Å². The quantitative estimate of drug-likeness (QED) is 0.682. The average Bonchev–Trinajstić information content (AvgIpc) is 2.76. The normalized spacial score (nSPS) is 18.8. The average molecular weight is 234 g/mol. The molecule has 1 aromatic rings. The summed E-state index contributed by atoms with van der Waals surface area (Å²) in [7, 11) is 0. The molecule has 0 heterocycles. The molecule has 0 saturated heterocycles. The Morgan fingerprint density at radius 3 is 2.53 bits per heavy atom. The Bertz CT molecular complexity index is 362. The summed E-state index contributed by atoms with van der Waals surface area (Å²) < 4.78 is 13.4. The lowest BCUT2D eigenvalue weighted by atomic mass is 9.74. The fourth-order valence-electron chi connectivity index (χ4n) is 3.12. The molecule has 2 rings (SSSR count). The SMILES string of the molecule is CC(C)CCC1(c2cccc(F)c2)CCCC1. The molecule has 94 valence electrons. The maximum absolute atomic E-state index is 13.4. The summed E-state index contributed by atoms with van der Waals surface area (Å²) in [6.07, 6.45) is 7.54. The summed E-state index contributed by atoms with van der Waals surface area (Å²) in [5.41, 5.74) is 1.50.